The first-order valence-electron chi connectivity index (χ1n) is 19.9. The lowest BCUT2D eigenvalue weighted by molar-refractivity contribution is 0.673. The van der Waals surface area contributed by atoms with Crippen LogP contribution >= 0.6 is 0 Å². The van der Waals surface area contributed by atoms with Gasteiger partial charge in [-0.15, -0.1) is 0 Å². The summed E-state index contributed by atoms with van der Waals surface area (Å²) in [4.78, 5) is 14.2. The van der Waals surface area contributed by atoms with Gasteiger partial charge < -0.3 is 4.42 Å². The maximum absolute atomic E-state index is 6.79. The summed E-state index contributed by atoms with van der Waals surface area (Å²) >= 11 is 0. The van der Waals surface area contributed by atoms with E-state index in [1.165, 1.54) is 32.3 Å². The van der Waals surface area contributed by atoms with Crippen molar-refractivity contribution in [2.45, 2.75) is 0 Å². The Kier molecular flexibility index (Phi) is 7.50. The molecule has 0 aliphatic heterocycles. The van der Waals surface area contributed by atoms with Crippen LogP contribution in [0.25, 0.3) is 121 Å². The van der Waals surface area contributed by atoms with Crippen LogP contribution in [0.15, 0.2) is 205 Å². The number of aromatic nitrogens is 3. The van der Waals surface area contributed by atoms with Crippen molar-refractivity contribution >= 4 is 65.0 Å². The van der Waals surface area contributed by atoms with Gasteiger partial charge in [-0.3, -0.25) is 9.97 Å². The van der Waals surface area contributed by atoms with Gasteiger partial charge >= 0.3 is 0 Å². The van der Waals surface area contributed by atoms with E-state index in [0.29, 0.717) is 0 Å². The molecule has 8 aromatic carbocycles. The standard InChI is InChI=1S/C55H33N3O/c1-2-14-41-39(12-1)40-13-3-4-15-42(40)47-30-36(26-27-44(41)47)38-18-11-21-53-54(38)48-33-46(43-16-5-6-17-45(43)55(48)59-53)35-24-22-34(23-25-35)37-31-51(49-19-7-9-28-56-49)58-52(32-37)50-20-8-10-29-57-50/h1-33H. The summed E-state index contributed by atoms with van der Waals surface area (Å²) in [5.41, 5.74) is 11.8. The smallest absolute Gasteiger partial charge is 0.143 e. The first-order valence-corrected chi connectivity index (χ1v) is 19.9. The van der Waals surface area contributed by atoms with Gasteiger partial charge in [0.05, 0.1) is 22.8 Å². The Morgan fingerprint density at radius 2 is 0.847 bits per heavy atom. The minimum atomic E-state index is 0.805. The van der Waals surface area contributed by atoms with Gasteiger partial charge in [-0.2, -0.15) is 0 Å². The van der Waals surface area contributed by atoms with Crippen molar-refractivity contribution in [1.29, 1.82) is 0 Å². The second-order valence-corrected chi connectivity index (χ2v) is 15.1. The molecule has 12 rings (SSSR count). The molecule has 0 unspecified atom stereocenters. The predicted octanol–water partition coefficient (Wildman–Crippen LogP) is 14.7. The molecule has 0 atom stereocenters. The van der Waals surface area contributed by atoms with Crippen LogP contribution in [0.5, 0.6) is 0 Å². The molecule has 274 valence electrons. The number of rotatable bonds is 5. The van der Waals surface area contributed by atoms with Gasteiger partial charge in [-0.25, -0.2) is 4.98 Å². The summed E-state index contributed by atoms with van der Waals surface area (Å²) in [6, 6.07) is 66.7. The number of fused-ring (bicyclic) bond motifs is 11. The fourth-order valence-electron chi connectivity index (χ4n) is 9.03. The molecule has 4 heteroatoms. The predicted molar refractivity (Wildman–Crippen MR) is 244 cm³/mol. The van der Waals surface area contributed by atoms with E-state index in [0.717, 1.165) is 88.9 Å². The molecule has 12 aromatic rings. The van der Waals surface area contributed by atoms with Gasteiger partial charge in [0, 0.05) is 28.6 Å². The van der Waals surface area contributed by atoms with Crippen molar-refractivity contribution in [3.63, 3.8) is 0 Å². The molecule has 0 aliphatic rings. The van der Waals surface area contributed by atoms with E-state index in [2.05, 4.69) is 162 Å². The van der Waals surface area contributed by atoms with Gasteiger partial charge in [0.15, 0.2) is 0 Å². The zero-order chi connectivity index (χ0) is 38.9. The van der Waals surface area contributed by atoms with E-state index in [9.17, 15) is 0 Å². The van der Waals surface area contributed by atoms with E-state index in [1.54, 1.807) is 12.4 Å². The number of hydrogen-bond acceptors (Lipinski definition) is 4. The number of benzene rings is 8. The van der Waals surface area contributed by atoms with Gasteiger partial charge in [0.1, 0.15) is 11.2 Å². The highest BCUT2D eigenvalue weighted by Crippen LogP contribution is 2.45. The molecule has 0 saturated heterocycles. The molecule has 0 bridgehead atoms. The molecule has 0 saturated carbocycles. The summed E-state index contributed by atoms with van der Waals surface area (Å²) < 4.78 is 6.79. The third-order valence-electron chi connectivity index (χ3n) is 11.8. The Labute approximate surface area is 339 Å². The van der Waals surface area contributed by atoms with Crippen LogP contribution in [0.2, 0.25) is 0 Å². The summed E-state index contributed by atoms with van der Waals surface area (Å²) in [5.74, 6) is 0. The van der Waals surface area contributed by atoms with Gasteiger partial charge in [-0.1, -0.05) is 133 Å². The van der Waals surface area contributed by atoms with Crippen LogP contribution in [-0.2, 0) is 0 Å². The zero-order valence-electron chi connectivity index (χ0n) is 31.8. The first kappa shape index (κ1) is 33.2. The summed E-state index contributed by atoms with van der Waals surface area (Å²) in [7, 11) is 0. The third kappa shape index (κ3) is 5.42. The highest BCUT2D eigenvalue weighted by atomic mass is 16.3. The quantitative estimate of drug-likeness (QED) is 0.164. The number of furan rings is 1. The van der Waals surface area contributed by atoms with Gasteiger partial charge in [-0.05, 0) is 126 Å². The normalized spacial score (nSPS) is 11.7. The second kappa shape index (κ2) is 13.3. The van der Waals surface area contributed by atoms with Crippen molar-refractivity contribution in [2.24, 2.45) is 0 Å². The molecule has 0 radical (unpaired) electrons. The van der Waals surface area contributed by atoms with Crippen molar-refractivity contribution in [3.05, 3.63) is 200 Å². The SMILES string of the molecule is c1ccc(-c2cc(-c3ccc(-c4cc5c(oc6cccc(-c7ccc8c9ccccc9c9ccccc9c8c7)c65)c5ccccc45)cc3)cc(-c3ccccn3)n2)nc1. The average Bonchev–Trinajstić information content (AvgIpc) is 3.71. The summed E-state index contributed by atoms with van der Waals surface area (Å²) in [5, 5.41) is 12.1. The lowest BCUT2D eigenvalue weighted by Gasteiger charge is -2.13. The molecule has 0 aliphatic carbocycles. The second-order valence-electron chi connectivity index (χ2n) is 15.1. The minimum absolute atomic E-state index is 0.805. The van der Waals surface area contributed by atoms with Crippen LogP contribution in [0.3, 0.4) is 0 Å². The van der Waals surface area contributed by atoms with Crippen LogP contribution in [0, 0.1) is 0 Å². The van der Waals surface area contributed by atoms with E-state index >= 15 is 0 Å². The van der Waals surface area contributed by atoms with Gasteiger partial charge in [0.2, 0.25) is 0 Å². The maximum atomic E-state index is 6.79. The number of nitrogens with zero attached hydrogens (tertiary/aromatic N) is 3. The number of pyridine rings is 3. The zero-order valence-corrected chi connectivity index (χ0v) is 31.8. The highest BCUT2D eigenvalue weighted by molar-refractivity contribution is 6.27. The molecule has 0 fully saturated rings. The van der Waals surface area contributed by atoms with Crippen LogP contribution in [0.1, 0.15) is 0 Å². The topological polar surface area (TPSA) is 51.8 Å². The Hall–Kier alpha value is -7.95. The Balaban J connectivity index is 1.02. The fraction of sp³-hybridized carbons (Fsp3) is 0. The fourth-order valence-corrected chi connectivity index (χ4v) is 9.03. The average molecular weight is 752 g/mol. The van der Waals surface area contributed by atoms with Crippen LogP contribution < -0.4 is 0 Å². The van der Waals surface area contributed by atoms with Crippen molar-refractivity contribution in [2.75, 3.05) is 0 Å². The first-order chi connectivity index (χ1) is 29.2. The summed E-state index contributed by atoms with van der Waals surface area (Å²) in [6.07, 6.45) is 3.61. The molecular formula is C55H33N3O. The van der Waals surface area contributed by atoms with E-state index in [-0.39, 0.29) is 0 Å². The molecule has 4 heterocycles. The monoisotopic (exact) mass is 751 g/mol. The molecule has 4 nitrogen and oxygen atoms in total. The lowest BCUT2D eigenvalue weighted by Crippen LogP contribution is -1.94. The van der Waals surface area contributed by atoms with Crippen LogP contribution in [0.4, 0.5) is 0 Å². The minimum Gasteiger partial charge on any atom is -0.455 e. The Morgan fingerprint density at radius 3 is 1.47 bits per heavy atom. The molecular weight excluding hydrogens is 719 g/mol. The van der Waals surface area contributed by atoms with Crippen LogP contribution in [-0.4, -0.2) is 15.0 Å². The Bertz CT molecular complexity index is 3500. The van der Waals surface area contributed by atoms with E-state index in [4.69, 9.17) is 9.40 Å². The van der Waals surface area contributed by atoms with E-state index < -0.39 is 0 Å². The van der Waals surface area contributed by atoms with Crippen molar-refractivity contribution < 1.29 is 4.42 Å². The molecule has 0 N–H and O–H groups in total. The molecule has 59 heavy (non-hydrogen) atoms. The molecule has 4 aromatic heterocycles. The number of hydrogen-bond donors (Lipinski definition) is 0. The van der Waals surface area contributed by atoms with Gasteiger partial charge in [0.25, 0.3) is 0 Å². The Morgan fingerprint density at radius 1 is 0.305 bits per heavy atom. The van der Waals surface area contributed by atoms with Crippen molar-refractivity contribution in [3.8, 4) is 56.2 Å². The third-order valence-corrected chi connectivity index (χ3v) is 11.8. The lowest BCUT2D eigenvalue weighted by atomic mass is 9.90. The van der Waals surface area contributed by atoms with E-state index in [1.807, 2.05) is 36.4 Å². The highest BCUT2D eigenvalue weighted by Gasteiger charge is 2.19. The maximum Gasteiger partial charge on any atom is 0.143 e. The largest absolute Gasteiger partial charge is 0.455 e. The molecule has 0 spiro atoms. The van der Waals surface area contributed by atoms with Crippen molar-refractivity contribution in [1.82, 2.24) is 15.0 Å². The molecule has 0 amide bonds. The summed E-state index contributed by atoms with van der Waals surface area (Å²) in [6.45, 7) is 0.